The lowest BCUT2D eigenvalue weighted by Gasteiger charge is -2.43. The number of aliphatic hydroxyl groups is 1. The molecule has 1 saturated heterocycles. The van der Waals surface area contributed by atoms with E-state index in [1.54, 1.807) is 13.0 Å². The Bertz CT molecular complexity index is 1010. The van der Waals surface area contributed by atoms with Gasteiger partial charge in [-0.05, 0) is 49.7 Å². The van der Waals surface area contributed by atoms with Crippen LogP contribution in [0.25, 0.3) is 11.3 Å². The van der Waals surface area contributed by atoms with Crippen molar-refractivity contribution < 1.29 is 9.50 Å². The summed E-state index contributed by atoms with van der Waals surface area (Å²) in [6, 6.07) is 4.79. The van der Waals surface area contributed by atoms with E-state index in [9.17, 15) is 14.8 Å². The van der Waals surface area contributed by atoms with Crippen LogP contribution in [-0.2, 0) is 6.61 Å². The number of halogens is 2. The number of hydrogen-bond donors (Lipinski definition) is 1. The van der Waals surface area contributed by atoms with Crippen LogP contribution < -0.4 is 4.90 Å². The van der Waals surface area contributed by atoms with E-state index in [0.29, 0.717) is 28.3 Å². The summed E-state index contributed by atoms with van der Waals surface area (Å²) < 4.78 is 14.8. The normalized spacial score (nSPS) is 20.5. The molecule has 1 aliphatic carbocycles. The minimum atomic E-state index is -0.714. The lowest BCUT2D eigenvalue weighted by molar-refractivity contribution is 0.161. The first kappa shape index (κ1) is 21.0. The van der Waals surface area contributed by atoms with Crippen LogP contribution in [0.15, 0.2) is 12.1 Å². The molecule has 1 N–H and O–H groups in total. The third-order valence-corrected chi connectivity index (χ3v) is 7.46. The number of benzene rings is 1. The predicted molar refractivity (Wildman–Crippen MR) is 115 cm³/mol. The lowest BCUT2D eigenvalue weighted by Crippen LogP contribution is -2.42. The number of aryl methyl sites for hydroxylation is 1. The second-order valence-corrected chi connectivity index (χ2v) is 9.03. The van der Waals surface area contributed by atoms with Gasteiger partial charge in [0.05, 0.1) is 23.0 Å². The Hall–Kier alpha value is -2.23. The van der Waals surface area contributed by atoms with Gasteiger partial charge in [0.15, 0.2) is 11.6 Å². The van der Waals surface area contributed by atoms with Gasteiger partial charge in [-0.3, -0.25) is 0 Å². The first-order valence-electron chi connectivity index (χ1n) is 10.5. The largest absolute Gasteiger partial charge is 0.390 e. The monoisotopic (exact) mass is 428 g/mol. The number of anilines is 1. The van der Waals surface area contributed by atoms with E-state index in [-0.39, 0.29) is 22.8 Å². The molecule has 1 aliphatic heterocycles. The minimum Gasteiger partial charge on any atom is -0.390 e. The zero-order chi connectivity index (χ0) is 21.5. The van der Waals surface area contributed by atoms with Crippen molar-refractivity contribution in [1.82, 2.24) is 9.97 Å². The molecular formula is C23H26ClFN4O. The summed E-state index contributed by atoms with van der Waals surface area (Å²) in [5, 5.41) is 19.2. The molecule has 158 valence electrons. The van der Waals surface area contributed by atoms with E-state index >= 15 is 0 Å². The van der Waals surface area contributed by atoms with Crippen LogP contribution in [0.1, 0.15) is 56.0 Å². The lowest BCUT2D eigenvalue weighted by atomic mass is 9.71. The van der Waals surface area contributed by atoms with Gasteiger partial charge in [-0.15, -0.1) is 0 Å². The van der Waals surface area contributed by atoms with Gasteiger partial charge in [-0.2, -0.15) is 5.26 Å². The zero-order valence-corrected chi connectivity index (χ0v) is 18.1. The van der Waals surface area contributed by atoms with Crippen molar-refractivity contribution in [3.63, 3.8) is 0 Å². The third-order valence-electron chi connectivity index (χ3n) is 7.14. The predicted octanol–water partition coefficient (Wildman–Crippen LogP) is 5.02. The van der Waals surface area contributed by atoms with Gasteiger partial charge in [0, 0.05) is 18.7 Å². The topological polar surface area (TPSA) is 73.0 Å². The summed E-state index contributed by atoms with van der Waals surface area (Å²) in [6.45, 7) is 5.64. The van der Waals surface area contributed by atoms with Crippen LogP contribution in [0.4, 0.5) is 10.2 Å². The number of piperidine rings is 1. The smallest absolute Gasteiger partial charge is 0.153 e. The molecule has 1 aromatic carbocycles. The third kappa shape index (κ3) is 3.44. The Labute approximate surface area is 181 Å². The average Bonchev–Trinajstić information content (AvgIpc) is 3.09. The average molecular weight is 429 g/mol. The first-order valence-corrected chi connectivity index (χ1v) is 10.9. The van der Waals surface area contributed by atoms with Gasteiger partial charge >= 0.3 is 0 Å². The van der Waals surface area contributed by atoms with Gasteiger partial charge in [-0.25, -0.2) is 14.4 Å². The molecule has 4 rings (SSSR count). The van der Waals surface area contributed by atoms with Crippen molar-refractivity contribution in [2.75, 3.05) is 18.0 Å². The molecule has 0 bridgehead atoms. The molecule has 1 saturated carbocycles. The van der Waals surface area contributed by atoms with Crippen LogP contribution in [0.2, 0.25) is 5.02 Å². The molecule has 1 spiro atoms. The Morgan fingerprint density at radius 2 is 2.03 bits per heavy atom. The highest BCUT2D eigenvalue weighted by molar-refractivity contribution is 6.31. The van der Waals surface area contributed by atoms with E-state index in [0.717, 1.165) is 31.8 Å². The van der Waals surface area contributed by atoms with E-state index in [1.165, 1.54) is 31.4 Å². The Morgan fingerprint density at radius 1 is 1.30 bits per heavy atom. The standard InChI is InChI=1S/C23H26ClFN4O/c1-14-4-3-7-23(14)8-10-29(11-9-23)22-19(13-30)28-21(15(2)27-22)16-5-6-18(24)17(12-26)20(16)25/h5-6,14,30H,3-4,7-11,13H2,1-2H3/t14-/m1/s1. The molecule has 2 heterocycles. The summed E-state index contributed by atoms with van der Waals surface area (Å²) in [5.41, 5.74) is 1.71. The maximum atomic E-state index is 14.8. The summed E-state index contributed by atoms with van der Waals surface area (Å²) in [6.07, 6.45) is 6.17. The molecular weight excluding hydrogens is 403 g/mol. The number of rotatable bonds is 3. The zero-order valence-electron chi connectivity index (χ0n) is 17.4. The highest BCUT2D eigenvalue weighted by atomic mass is 35.5. The Balaban J connectivity index is 1.67. The maximum absolute atomic E-state index is 14.8. The number of nitriles is 1. The number of hydrogen-bond acceptors (Lipinski definition) is 5. The summed E-state index contributed by atoms with van der Waals surface area (Å²) >= 11 is 5.93. The van der Waals surface area contributed by atoms with Crippen molar-refractivity contribution in [3.8, 4) is 17.3 Å². The number of aliphatic hydroxyl groups excluding tert-OH is 1. The van der Waals surface area contributed by atoms with E-state index in [2.05, 4.69) is 16.8 Å². The van der Waals surface area contributed by atoms with E-state index < -0.39 is 5.82 Å². The van der Waals surface area contributed by atoms with Gasteiger partial charge < -0.3 is 10.0 Å². The quantitative estimate of drug-likeness (QED) is 0.743. The van der Waals surface area contributed by atoms with Gasteiger partial charge in [0.1, 0.15) is 17.3 Å². The second kappa shape index (κ2) is 8.13. The number of nitrogens with zero attached hydrogens (tertiary/aromatic N) is 4. The molecule has 2 aliphatic rings. The van der Waals surface area contributed by atoms with Gasteiger partial charge in [0.2, 0.25) is 0 Å². The number of aromatic nitrogens is 2. The molecule has 2 aromatic rings. The Morgan fingerprint density at radius 3 is 2.63 bits per heavy atom. The second-order valence-electron chi connectivity index (χ2n) is 8.62. The van der Waals surface area contributed by atoms with Crippen LogP contribution in [-0.4, -0.2) is 28.2 Å². The molecule has 2 fully saturated rings. The van der Waals surface area contributed by atoms with Crippen molar-refractivity contribution in [2.45, 2.75) is 52.6 Å². The van der Waals surface area contributed by atoms with Crippen molar-refractivity contribution in [1.29, 1.82) is 5.26 Å². The molecule has 1 aromatic heterocycles. The van der Waals surface area contributed by atoms with Crippen LogP contribution in [0, 0.1) is 35.4 Å². The molecule has 30 heavy (non-hydrogen) atoms. The minimum absolute atomic E-state index is 0.0618. The van der Waals surface area contributed by atoms with E-state index in [4.69, 9.17) is 16.6 Å². The summed E-state index contributed by atoms with van der Waals surface area (Å²) in [4.78, 5) is 11.5. The first-order chi connectivity index (χ1) is 14.4. The molecule has 7 heteroatoms. The highest BCUT2D eigenvalue weighted by Crippen LogP contribution is 2.50. The SMILES string of the molecule is Cc1nc(N2CCC3(CCC[C@H]3C)CC2)c(CO)nc1-c1ccc(Cl)c(C#N)c1F. The van der Waals surface area contributed by atoms with Crippen molar-refractivity contribution >= 4 is 17.4 Å². The van der Waals surface area contributed by atoms with Gasteiger partial charge in [-0.1, -0.05) is 31.4 Å². The summed E-state index contributed by atoms with van der Waals surface area (Å²) in [5.74, 6) is 0.720. The van der Waals surface area contributed by atoms with Crippen molar-refractivity contribution in [2.24, 2.45) is 11.3 Å². The fraction of sp³-hybridized carbons (Fsp3) is 0.522. The fourth-order valence-corrected chi connectivity index (χ4v) is 5.40. The van der Waals surface area contributed by atoms with Crippen LogP contribution in [0.5, 0.6) is 0 Å². The highest BCUT2D eigenvalue weighted by Gasteiger charge is 2.42. The van der Waals surface area contributed by atoms with Crippen LogP contribution >= 0.6 is 11.6 Å². The molecule has 0 radical (unpaired) electrons. The Kier molecular flexibility index (Phi) is 5.69. The molecule has 5 nitrogen and oxygen atoms in total. The van der Waals surface area contributed by atoms with Crippen LogP contribution in [0.3, 0.4) is 0 Å². The van der Waals surface area contributed by atoms with Gasteiger partial charge in [0.25, 0.3) is 0 Å². The van der Waals surface area contributed by atoms with Crippen molar-refractivity contribution in [3.05, 3.63) is 39.9 Å². The molecule has 0 unspecified atom stereocenters. The molecule has 1 atom stereocenters. The van der Waals surface area contributed by atoms with E-state index in [1.807, 2.05) is 0 Å². The molecule has 0 amide bonds. The summed E-state index contributed by atoms with van der Waals surface area (Å²) in [7, 11) is 0. The fourth-order valence-electron chi connectivity index (χ4n) is 5.21. The maximum Gasteiger partial charge on any atom is 0.153 e.